The molecule has 0 bridgehead atoms. The van der Waals surface area contributed by atoms with Crippen LogP contribution in [0.5, 0.6) is 5.75 Å². The minimum atomic E-state index is -0.469. The molecule has 1 fully saturated rings. The number of rotatable bonds is 4. The highest BCUT2D eigenvalue weighted by Gasteiger charge is 2.28. The molecule has 1 saturated heterocycles. The van der Waals surface area contributed by atoms with Gasteiger partial charge in [0.05, 0.1) is 5.69 Å². The van der Waals surface area contributed by atoms with Gasteiger partial charge in [0.15, 0.2) is 6.10 Å². The van der Waals surface area contributed by atoms with E-state index >= 15 is 0 Å². The van der Waals surface area contributed by atoms with E-state index in [0.29, 0.717) is 11.9 Å². The Morgan fingerprint density at radius 2 is 1.90 bits per heavy atom. The molecule has 1 unspecified atom stereocenters. The van der Waals surface area contributed by atoms with Crippen LogP contribution < -0.4 is 15.0 Å². The number of nitrogens with zero attached hydrogens (tertiary/aromatic N) is 3. The number of para-hydroxylation sites is 2. The summed E-state index contributed by atoms with van der Waals surface area (Å²) in [7, 11) is 0. The van der Waals surface area contributed by atoms with Crippen LogP contribution in [0.25, 0.3) is 10.9 Å². The average molecular weight is 420 g/mol. The molecule has 0 spiro atoms. The van der Waals surface area contributed by atoms with Crippen LogP contribution in [-0.4, -0.2) is 54.6 Å². The topological polar surface area (TPSA) is 57.7 Å². The van der Waals surface area contributed by atoms with Crippen LogP contribution in [0.15, 0.2) is 48.5 Å². The summed E-state index contributed by atoms with van der Waals surface area (Å²) in [4.78, 5) is 21.4. The maximum absolute atomic E-state index is 14.2. The molecule has 1 atom stereocenters. The average Bonchev–Trinajstić information content (AvgIpc) is 2.79. The van der Waals surface area contributed by atoms with Crippen molar-refractivity contribution in [2.75, 3.05) is 42.9 Å². The highest BCUT2D eigenvalue weighted by atomic mass is 19.1. The van der Waals surface area contributed by atoms with E-state index in [0.717, 1.165) is 60.9 Å². The molecular weight excluding hydrogens is 395 g/mol. The van der Waals surface area contributed by atoms with E-state index in [9.17, 15) is 9.18 Å². The van der Waals surface area contributed by atoms with Crippen molar-refractivity contribution in [2.45, 2.75) is 19.4 Å². The Balaban J connectivity index is 1.20. The van der Waals surface area contributed by atoms with E-state index in [1.54, 1.807) is 0 Å². The van der Waals surface area contributed by atoms with E-state index in [2.05, 4.69) is 20.1 Å². The zero-order valence-corrected chi connectivity index (χ0v) is 17.5. The summed E-state index contributed by atoms with van der Waals surface area (Å²) in [6.45, 7) is 6.11. The third-order valence-corrected chi connectivity index (χ3v) is 6.05. The Kier molecular flexibility index (Phi) is 5.19. The summed E-state index contributed by atoms with van der Waals surface area (Å²) in [6, 6.07) is 14.7. The number of hydrogen-bond acceptors (Lipinski definition) is 5. The van der Waals surface area contributed by atoms with Gasteiger partial charge in [0.1, 0.15) is 17.1 Å². The van der Waals surface area contributed by atoms with Crippen LogP contribution in [0.3, 0.4) is 0 Å². The van der Waals surface area contributed by atoms with Gasteiger partial charge >= 0.3 is 0 Å². The summed E-state index contributed by atoms with van der Waals surface area (Å²) in [6.07, 6.45) is 0.173. The zero-order valence-electron chi connectivity index (χ0n) is 17.5. The van der Waals surface area contributed by atoms with Gasteiger partial charge in [0.2, 0.25) is 0 Å². The zero-order chi connectivity index (χ0) is 21.4. The van der Waals surface area contributed by atoms with Gasteiger partial charge in [-0.05, 0) is 43.3 Å². The maximum Gasteiger partial charge on any atom is 0.265 e. The molecule has 7 heteroatoms. The van der Waals surface area contributed by atoms with Crippen molar-refractivity contribution in [3.63, 3.8) is 0 Å². The lowest BCUT2D eigenvalue weighted by atomic mass is 10.1. The smallest absolute Gasteiger partial charge is 0.265 e. The number of ether oxygens (including phenoxy) is 1. The Hall–Kier alpha value is -3.19. The third kappa shape index (κ3) is 3.93. The molecule has 5 rings (SSSR count). The first kappa shape index (κ1) is 19.8. The molecule has 2 aromatic carbocycles. The number of halogens is 1. The summed E-state index contributed by atoms with van der Waals surface area (Å²) in [5.41, 5.74) is 2.99. The van der Waals surface area contributed by atoms with Gasteiger partial charge < -0.3 is 15.0 Å². The minimum Gasteiger partial charge on any atom is -0.478 e. The number of piperazine rings is 1. The summed E-state index contributed by atoms with van der Waals surface area (Å²) in [5.74, 6) is 0.357. The predicted molar refractivity (Wildman–Crippen MR) is 119 cm³/mol. The van der Waals surface area contributed by atoms with Crippen molar-refractivity contribution in [2.24, 2.45) is 0 Å². The Bertz CT molecular complexity index is 1130. The van der Waals surface area contributed by atoms with Gasteiger partial charge in [0, 0.05) is 55.9 Å². The van der Waals surface area contributed by atoms with Crippen molar-refractivity contribution in [1.29, 1.82) is 0 Å². The van der Waals surface area contributed by atoms with Crippen LogP contribution in [-0.2, 0) is 4.79 Å². The second-order valence-electron chi connectivity index (χ2n) is 8.12. The summed E-state index contributed by atoms with van der Waals surface area (Å²) >= 11 is 0. The molecule has 1 aromatic heterocycles. The van der Waals surface area contributed by atoms with Gasteiger partial charge in [-0.1, -0.05) is 12.1 Å². The molecule has 2 aliphatic rings. The van der Waals surface area contributed by atoms with Crippen LogP contribution in [0.4, 0.5) is 15.8 Å². The molecular formula is C24H25FN4O2. The van der Waals surface area contributed by atoms with Gasteiger partial charge in [-0.15, -0.1) is 0 Å². The number of pyridine rings is 1. The predicted octanol–water partition coefficient (Wildman–Crippen LogP) is 3.59. The largest absolute Gasteiger partial charge is 0.478 e. The number of amides is 1. The number of nitrogens with one attached hydrogen (secondary N) is 1. The van der Waals surface area contributed by atoms with Crippen molar-refractivity contribution < 1.29 is 13.9 Å². The first-order valence-corrected chi connectivity index (χ1v) is 10.7. The van der Waals surface area contributed by atoms with Crippen molar-refractivity contribution in [3.8, 4) is 5.75 Å². The number of carbonyl (C=O) groups is 1. The van der Waals surface area contributed by atoms with Gasteiger partial charge in [-0.25, -0.2) is 9.37 Å². The number of carbonyl (C=O) groups excluding carboxylic acids is 1. The van der Waals surface area contributed by atoms with Gasteiger partial charge in [-0.3, -0.25) is 9.69 Å². The molecule has 0 radical (unpaired) electrons. The normalized spacial score (nSPS) is 19.1. The quantitative estimate of drug-likeness (QED) is 0.699. The first-order valence-electron chi connectivity index (χ1n) is 10.7. The standard InChI is InChI=1S/C24H25FN4O2/c1-16-6-7-17-20(9-8-18(25)23(17)26-16)29-14-12-28(13-15-29)11-10-22-24(30)27-19-4-2-3-5-21(19)31-22/h2-9,22H,10-15H2,1H3,(H,27,30). The monoisotopic (exact) mass is 420 g/mol. The Morgan fingerprint density at radius 1 is 1.10 bits per heavy atom. The van der Waals surface area contributed by atoms with Crippen LogP contribution in [0, 0.1) is 12.7 Å². The molecule has 0 saturated carbocycles. The third-order valence-electron chi connectivity index (χ3n) is 6.05. The van der Waals surface area contributed by atoms with Crippen LogP contribution >= 0.6 is 0 Å². The van der Waals surface area contributed by atoms with E-state index in [-0.39, 0.29) is 11.7 Å². The van der Waals surface area contributed by atoms with E-state index in [1.165, 1.54) is 6.07 Å². The molecule has 1 N–H and O–H groups in total. The number of anilines is 2. The molecule has 1 amide bonds. The number of aryl methyl sites for hydroxylation is 1. The van der Waals surface area contributed by atoms with E-state index < -0.39 is 6.10 Å². The number of hydrogen-bond donors (Lipinski definition) is 1. The second kappa shape index (κ2) is 8.15. The second-order valence-corrected chi connectivity index (χ2v) is 8.12. The van der Waals surface area contributed by atoms with Crippen molar-refractivity contribution in [1.82, 2.24) is 9.88 Å². The summed E-state index contributed by atoms with van der Waals surface area (Å²) in [5, 5.41) is 3.78. The Labute approximate surface area is 180 Å². The highest BCUT2D eigenvalue weighted by Crippen LogP contribution is 2.31. The van der Waals surface area contributed by atoms with Gasteiger partial charge in [-0.2, -0.15) is 0 Å². The number of fused-ring (bicyclic) bond motifs is 2. The highest BCUT2D eigenvalue weighted by molar-refractivity contribution is 5.97. The van der Waals surface area contributed by atoms with Crippen LogP contribution in [0.2, 0.25) is 0 Å². The van der Waals surface area contributed by atoms with E-state index in [1.807, 2.05) is 49.4 Å². The Morgan fingerprint density at radius 3 is 2.74 bits per heavy atom. The fourth-order valence-corrected chi connectivity index (χ4v) is 4.34. The van der Waals surface area contributed by atoms with Crippen molar-refractivity contribution >= 4 is 28.2 Å². The number of benzene rings is 2. The van der Waals surface area contributed by atoms with Gasteiger partial charge in [0.25, 0.3) is 5.91 Å². The lowest BCUT2D eigenvalue weighted by molar-refractivity contribution is -0.124. The SMILES string of the molecule is Cc1ccc2c(N3CCN(CCC4Oc5ccccc5NC4=O)CC3)ccc(F)c2n1. The maximum atomic E-state index is 14.2. The number of aromatic nitrogens is 1. The molecule has 2 aliphatic heterocycles. The lowest BCUT2D eigenvalue weighted by Gasteiger charge is -2.37. The molecule has 0 aliphatic carbocycles. The van der Waals surface area contributed by atoms with Crippen molar-refractivity contribution in [3.05, 3.63) is 60.0 Å². The first-order chi connectivity index (χ1) is 15.1. The molecule has 160 valence electrons. The lowest BCUT2D eigenvalue weighted by Crippen LogP contribution is -2.48. The fourth-order valence-electron chi connectivity index (χ4n) is 4.34. The molecule has 3 heterocycles. The minimum absolute atomic E-state index is 0.0853. The summed E-state index contributed by atoms with van der Waals surface area (Å²) < 4.78 is 20.1. The molecule has 31 heavy (non-hydrogen) atoms. The van der Waals surface area contributed by atoms with E-state index in [4.69, 9.17) is 4.74 Å². The fraction of sp³-hybridized carbons (Fsp3) is 0.333. The van der Waals surface area contributed by atoms with Crippen LogP contribution in [0.1, 0.15) is 12.1 Å². The molecule has 6 nitrogen and oxygen atoms in total. The molecule has 3 aromatic rings.